The lowest BCUT2D eigenvalue weighted by molar-refractivity contribution is 0.102. The molecule has 0 fully saturated rings. The van der Waals surface area contributed by atoms with Gasteiger partial charge in [0.15, 0.2) is 5.82 Å². The smallest absolute Gasteiger partial charge is 0.318 e. The van der Waals surface area contributed by atoms with Crippen molar-refractivity contribution in [1.82, 2.24) is 9.97 Å². The van der Waals surface area contributed by atoms with E-state index in [0.717, 1.165) is 0 Å². The molecular formula is C15H15N5O2. The molecule has 7 nitrogen and oxygen atoms in total. The second-order valence-corrected chi connectivity index (χ2v) is 4.64. The Kier molecular flexibility index (Phi) is 4.53. The highest BCUT2D eigenvalue weighted by Crippen LogP contribution is 2.23. The first-order chi connectivity index (χ1) is 10.5. The first kappa shape index (κ1) is 15.3. The Hall–Kier alpha value is -3.14. The summed E-state index contributed by atoms with van der Waals surface area (Å²) in [6.45, 7) is 0. The fourth-order valence-corrected chi connectivity index (χ4v) is 1.81. The number of hydrogen-bond acceptors (Lipinski definition) is 6. The van der Waals surface area contributed by atoms with Crippen molar-refractivity contribution in [3.05, 3.63) is 41.6 Å². The van der Waals surface area contributed by atoms with E-state index in [1.165, 1.54) is 19.4 Å². The van der Waals surface area contributed by atoms with Gasteiger partial charge < -0.3 is 15.0 Å². The van der Waals surface area contributed by atoms with Crippen LogP contribution in [0.5, 0.6) is 6.01 Å². The maximum absolute atomic E-state index is 12.3. The number of methoxy groups -OCH3 is 1. The normalized spacial score (nSPS) is 9.73. The van der Waals surface area contributed by atoms with Crippen molar-refractivity contribution in [3.8, 4) is 12.1 Å². The monoisotopic (exact) mass is 297 g/mol. The first-order valence-corrected chi connectivity index (χ1v) is 6.45. The van der Waals surface area contributed by atoms with Crippen LogP contribution in [-0.2, 0) is 0 Å². The summed E-state index contributed by atoms with van der Waals surface area (Å²) in [7, 11) is 5.07. The Morgan fingerprint density at radius 1 is 1.41 bits per heavy atom. The van der Waals surface area contributed by atoms with E-state index in [1.807, 2.05) is 6.07 Å². The van der Waals surface area contributed by atoms with E-state index in [1.54, 1.807) is 37.2 Å². The summed E-state index contributed by atoms with van der Waals surface area (Å²) in [5.41, 5.74) is 1.27. The van der Waals surface area contributed by atoms with Crippen molar-refractivity contribution in [3.63, 3.8) is 0 Å². The standard InChI is InChI=1S/C15H15N5O2/c1-20(2)13-12(9-17-15(19-13)22-3)18-14(21)11-6-4-5-10(7-11)8-16/h4-7,9H,1-3H3,(H,18,21). The minimum absolute atomic E-state index is 0.216. The molecule has 1 aromatic heterocycles. The number of aromatic nitrogens is 2. The molecule has 1 amide bonds. The SMILES string of the molecule is COc1ncc(NC(=O)c2cccc(C#N)c2)c(N(C)C)n1. The Morgan fingerprint density at radius 3 is 2.82 bits per heavy atom. The second-order valence-electron chi connectivity index (χ2n) is 4.64. The number of amides is 1. The van der Waals surface area contributed by atoms with Gasteiger partial charge in [0.05, 0.1) is 24.9 Å². The van der Waals surface area contributed by atoms with Crippen molar-refractivity contribution in [1.29, 1.82) is 5.26 Å². The fraction of sp³-hybridized carbons (Fsp3) is 0.200. The van der Waals surface area contributed by atoms with Gasteiger partial charge in [-0.15, -0.1) is 0 Å². The number of carbonyl (C=O) groups excluding carboxylic acids is 1. The van der Waals surface area contributed by atoms with E-state index >= 15 is 0 Å². The van der Waals surface area contributed by atoms with Crippen molar-refractivity contribution in [2.24, 2.45) is 0 Å². The molecule has 1 aromatic carbocycles. The molecule has 0 radical (unpaired) electrons. The molecule has 0 saturated carbocycles. The van der Waals surface area contributed by atoms with Gasteiger partial charge in [-0.2, -0.15) is 10.2 Å². The number of benzene rings is 1. The van der Waals surface area contributed by atoms with Crippen molar-refractivity contribution >= 4 is 17.4 Å². The Bertz CT molecular complexity index is 737. The van der Waals surface area contributed by atoms with Crippen molar-refractivity contribution in [2.45, 2.75) is 0 Å². The lowest BCUT2D eigenvalue weighted by atomic mass is 10.1. The molecule has 0 aliphatic rings. The highest BCUT2D eigenvalue weighted by Gasteiger charge is 2.14. The molecule has 7 heteroatoms. The molecule has 2 rings (SSSR count). The number of nitrogens with zero attached hydrogens (tertiary/aromatic N) is 4. The topological polar surface area (TPSA) is 91.1 Å². The lowest BCUT2D eigenvalue weighted by Gasteiger charge is -2.16. The second kappa shape index (κ2) is 6.54. The first-order valence-electron chi connectivity index (χ1n) is 6.45. The Balaban J connectivity index is 2.30. The van der Waals surface area contributed by atoms with Gasteiger partial charge in [-0.3, -0.25) is 4.79 Å². The average molecular weight is 297 g/mol. The van der Waals surface area contributed by atoms with E-state index in [9.17, 15) is 4.79 Å². The molecule has 22 heavy (non-hydrogen) atoms. The number of rotatable bonds is 4. The predicted octanol–water partition coefficient (Wildman–Crippen LogP) is 1.68. The molecule has 0 saturated heterocycles. The van der Waals surface area contributed by atoms with Gasteiger partial charge in [0.1, 0.15) is 5.69 Å². The van der Waals surface area contributed by atoms with Crippen LogP contribution in [0, 0.1) is 11.3 Å². The summed E-state index contributed by atoms with van der Waals surface area (Å²) in [5.74, 6) is 0.186. The summed E-state index contributed by atoms with van der Waals surface area (Å²) < 4.78 is 4.98. The molecule has 0 aliphatic carbocycles. The maximum Gasteiger partial charge on any atom is 0.318 e. The quantitative estimate of drug-likeness (QED) is 0.923. The van der Waals surface area contributed by atoms with Gasteiger partial charge in [-0.25, -0.2) is 4.98 Å². The van der Waals surface area contributed by atoms with Gasteiger partial charge in [0.2, 0.25) is 0 Å². The molecule has 2 aromatic rings. The van der Waals surface area contributed by atoms with E-state index in [0.29, 0.717) is 22.6 Å². The summed E-state index contributed by atoms with van der Waals surface area (Å²) in [6, 6.07) is 8.67. The zero-order valence-electron chi connectivity index (χ0n) is 12.5. The molecule has 0 spiro atoms. The van der Waals surface area contributed by atoms with Crippen LogP contribution in [0.15, 0.2) is 30.5 Å². The van der Waals surface area contributed by atoms with Crippen LogP contribution >= 0.6 is 0 Å². The Morgan fingerprint density at radius 2 is 2.18 bits per heavy atom. The van der Waals surface area contributed by atoms with Crippen molar-refractivity contribution < 1.29 is 9.53 Å². The largest absolute Gasteiger partial charge is 0.467 e. The lowest BCUT2D eigenvalue weighted by Crippen LogP contribution is -2.18. The van der Waals surface area contributed by atoms with Crippen LogP contribution in [0.25, 0.3) is 0 Å². The zero-order valence-corrected chi connectivity index (χ0v) is 12.5. The number of carbonyl (C=O) groups is 1. The van der Waals surface area contributed by atoms with Crippen LogP contribution in [0.4, 0.5) is 11.5 Å². The minimum Gasteiger partial charge on any atom is -0.467 e. The third kappa shape index (κ3) is 3.30. The Labute approximate surface area is 128 Å². The average Bonchev–Trinajstić information content (AvgIpc) is 2.55. The number of ether oxygens (including phenoxy) is 1. The van der Waals surface area contributed by atoms with Crippen molar-refractivity contribution in [2.75, 3.05) is 31.4 Å². The van der Waals surface area contributed by atoms with E-state index < -0.39 is 0 Å². The molecule has 1 N–H and O–H groups in total. The van der Waals surface area contributed by atoms with Crippen LogP contribution in [0.3, 0.4) is 0 Å². The van der Waals surface area contributed by atoms with Crippen LogP contribution < -0.4 is 15.0 Å². The molecule has 0 unspecified atom stereocenters. The molecule has 0 bridgehead atoms. The maximum atomic E-state index is 12.3. The van der Waals surface area contributed by atoms with E-state index in [2.05, 4.69) is 15.3 Å². The highest BCUT2D eigenvalue weighted by molar-refractivity contribution is 6.05. The molecule has 112 valence electrons. The number of nitriles is 1. The fourth-order valence-electron chi connectivity index (χ4n) is 1.81. The molecule has 1 heterocycles. The zero-order chi connectivity index (χ0) is 16.1. The van der Waals surface area contributed by atoms with Gasteiger partial charge in [-0.1, -0.05) is 6.07 Å². The third-order valence-corrected chi connectivity index (χ3v) is 2.85. The van der Waals surface area contributed by atoms with E-state index in [4.69, 9.17) is 10.00 Å². The van der Waals surface area contributed by atoms with Gasteiger partial charge in [-0.05, 0) is 18.2 Å². The van der Waals surface area contributed by atoms with Crippen LogP contribution in [0.2, 0.25) is 0 Å². The van der Waals surface area contributed by atoms with E-state index in [-0.39, 0.29) is 11.9 Å². The number of hydrogen-bond donors (Lipinski definition) is 1. The molecule has 0 aliphatic heterocycles. The highest BCUT2D eigenvalue weighted by atomic mass is 16.5. The molecular weight excluding hydrogens is 282 g/mol. The summed E-state index contributed by atoms with van der Waals surface area (Å²) in [6.07, 6.45) is 1.48. The number of nitrogens with one attached hydrogen (secondary N) is 1. The van der Waals surface area contributed by atoms with Crippen LogP contribution in [-0.4, -0.2) is 37.1 Å². The minimum atomic E-state index is -0.339. The predicted molar refractivity (Wildman–Crippen MR) is 82.0 cm³/mol. The third-order valence-electron chi connectivity index (χ3n) is 2.85. The van der Waals surface area contributed by atoms with Gasteiger partial charge >= 0.3 is 6.01 Å². The number of anilines is 2. The van der Waals surface area contributed by atoms with Gasteiger partial charge in [0, 0.05) is 19.7 Å². The summed E-state index contributed by atoms with van der Waals surface area (Å²) >= 11 is 0. The summed E-state index contributed by atoms with van der Waals surface area (Å²) in [4.78, 5) is 22.2. The molecule has 0 atom stereocenters. The van der Waals surface area contributed by atoms with Gasteiger partial charge in [0.25, 0.3) is 5.91 Å². The van der Waals surface area contributed by atoms with Crippen LogP contribution in [0.1, 0.15) is 15.9 Å². The summed E-state index contributed by atoms with van der Waals surface area (Å²) in [5, 5.41) is 11.6.